The Hall–Kier alpha value is -4.19. The molecule has 0 atom stereocenters. The zero-order chi connectivity index (χ0) is 23.3. The van der Waals surface area contributed by atoms with Crippen molar-refractivity contribution in [2.45, 2.75) is 19.6 Å². The highest BCUT2D eigenvalue weighted by Gasteiger charge is 2.20. The molecule has 0 spiro atoms. The average molecular weight is 455 g/mol. The van der Waals surface area contributed by atoms with Gasteiger partial charge in [-0.1, -0.05) is 48.5 Å². The number of anilines is 2. The number of carbonyl (C=O) groups excluding carboxylic acids is 1. The molecular weight excluding hydrogens is 428 g/mol. The van der Waals surface area contributed by atoms with Crippen molar-refractivity contribution in [1.29, 1.82) is 0 Å². The largest absolute Gasteiger partial charge is 0.493 e. The maximum Gasteiger partial charge on any atom is 0.291 e. The number of nitrogens with zero attached hydrogens (tertiary/aromatic N) is 1. The molecule has 0 bridgehead atoms. The van der Waals surface area contributed by atoms with E-state index in [2.05, 4.69) is 34.5 Å². The molecule has 5 rings (SSSR count). The summed E-state index contributed by atoms with van der Waals surface area (Å²) in [6.45, 7) is 1.89. The Bertz CT molecular complexity index is 1300. The fourth-order valence-electron chi connectivity index (χ4n) is 4.20. The van der Waals surface area contributed by atoms with Crippen molar-refractivity contribution in [3.8, 4) is 11.5 Å². The first kappa shape index (κ1) is 21.6. The van der Waals surface area contributed by atoms with E-state index in [4.69, 9.17) is 13.9 Å². The van der Waals surface area contributed by atoms with Gasteiger partial charge in [-0.15, -0.1) is 0 Å². The molecule has 1 N–H and O–H groups in total. The highest BCUT2D eigenvalue weighted by molar-refractivity contribution is 6.02. The van der Waals surface area contributed by atoms with E-state index >= 15 is 0 Å². The van der Waals surface area contributed by atoms with Crippen LogP contribution in [0.2, 0.25) is 0 Å². The lowest BCUT2D eigenvalue weighted by Gasteiger charge is -2.21. The summed E-state index contributed by atoms with van der Waals surface area (Å²) in [5, 5.41) is 3.01. The summed E-state index contributed by atoms with van der Waals surface area (Å²) in [6.07, 6.45) is 1.04. The van der Waals surface area contributed by atoms with E-state index in [1.165, 1.54) is 11.3 Å². The van der Waals surface area contributed by atoms with Crippen LogP contribution in [-0.2, 0) is 19.6 Å². The van der Waals surface area contributed by atoms with Crippen molar-refractivity contribution < 1.29 is 18.7 Å². The number of benzene rings is 3. The Labute approximate surface area is 198 Å². The lowest BCUT2D eigenvalue weighted by atomic mass is 10.1. The predicted octanol–water partition coefficient (Wildman–Crippen LogP) is 5.68. The van der Waals surface area contributed by atoms with E-state index < -0.39 is 0 Å². The van der Waals surface area contributed by atoms with E-state index in [-0.39, 0.29) is 18.3 Å². The number of hydrogen-bond acceptors (Lipinski definition) is 5. The summed E-state index contributed by atoms with van der Waals surface area (Å²) in [4.78, 5) is 15.3. The van der Waals surface area contributed by atoms with Gasteiger partial charge in [-0.2, -0.15) is 0 Å². The first-order chi connectivity index (χ1) is 16.7. The van der Waals surface area contributed by atoms with Gasteiger partial charge in [-0.25, -0.2) is 0 Å². The molecule has 1 aliphatic rings. The number of furan rings is 1. The molecular formula is C28H26N2O4. The third-order valence-corrected chi connectivity index (χ3v) is 5.93. The van der Waals surface area contributed by atoms with Crippen molar-refractivity contribution >= 4 is 17.3 Å². The van der Waals surface area contributed by atoms with E-state index in [0.29, 0.717) is 17.3 Å². The molecule has 6 nitrogen and oxygen atoms in total. The van der Waals surface area contributed by atoms with Gasteiger partial charge in [-0.3, -0.25) is 4.79 Å². The second-order valence-corrected chi connectivity index (χ2v) is 8.12. The Kier molecular flexibility index (Phi) is 6.21. The Balaban J connectivity index is 1.25. The van der Waals surface area contributed by atoms with Crippen molar-refractivity contribution in [3.63, 3.8) is 0 Å². The van der Waals surface area contributed by atoms with E-state index in [1.807, 2.05) is 48.5 Å². The molecule has 3 aromatic carbocycles. The number of carbonyl (C=O) groups is 1. The first-order valence-electron chi connectivity index (χ1n) is 11.3. The van der Waals surface area contributed by atoms with Crippen LogP contribution >= 0.6 is 0 Å². The third kappa shape index (κ3) is 4.62. The normalized spacial score (nSPS) is 12.3. The van der Waals surface area contributed by atoms with Gasteiger partial charge in [0.1, 0.15) is 12.4 Å². The molecule has 0 fully saturated rings. The molecule has 1 aliphatic heterocycles. The van der Waals surface area contributed by atoms with Gasteiger partial charge in [0.2, 0.25) is 0 Å². The summed E-state index contributed by atoms with van der Waals surface area (Å²) in [6, 6.07) is 27.2. The highest BCUT2D eigenvalue weighted by Crippen LogP contribution is 2.31. The van der Waals surface area contributed by atoms with Gasteiger partial charge >= 0.3 is 0 Å². The quantitative estimate of drug-likeness (QED) is 0.371. The van der Waals surface area contributed by atoms with Crippen LogP contribution in [0.5, 0.6) is 11.5 Å². The van der Waals surface area contributed by atoms with Crippen LogP contribution in [0.25, 0.3) is 0 Å². The van der Waals surface area contributed by atoms with E-state index in [0.717, 1.165) is 30.8 Å². The summed E-state index contributed by atoms with van der Waals surface area (Å²) in [7, 11) is 1.60. The van der Waals surface area contributed by atoms with Crippen LogP contribution in [0, 0.1) is 0 Å². The minimum atomic E-state index is -0.294. The molecule has 1 amide bonds. The maximum absolute atomic E-state index is 12.9. The van der Waals surface area contributed by atoms with Gasteiger partial charge in [0.25, 0.3) is 5.91 Å². The van der Waals surface area contributed by atoms with Crippen LogP contribution in [0.4, 0.5) is 11.4 Å². The molecule has 34 heavy (non-hydrogen) atoms. The number of amides is 1. The number of fused-ring (bicyclic) bond motifs is 1. The highest BCUT2D eigenvalue weighted by atomic mass is 16.5. The molecule has 6 heteroatoms. The lowest BCUT2D eigenvalue weighted by molar-refractivity contribution is 0.0992. The Morgan fingerprint density at radius 2 is 1.71 bits per heavy atom. The van der Waals surface area contributed by atoms with Crippen LogP contribution in [-0.4, -0.2) is 19.6 Å². The second-order valence-electron chi connectivity index (χ2n) is 8.12. The first-order valence-corrected chi connectivity index (χ1v) is 11.3. The smallest absolute Gasteiger partial charge is 0.291 e. The van der Waals surface area contributed by atoms with Gasteiger partial charge in [-0.05, 0) is 53.9 Å². The molecule has 0 unspecified atom stereocenters. The number of para-hydroxylation sites is 4. The fourth-order valence-corrected chi connectivity index (χ4v) is 4.20. The summed E-state index contributed by atoms with van der Waals surface area (Å²) >= 11 is 0. The Morgan fingerprint density at radius 3 is 2.59 bits per heavy atom. The van der Waals surface area contributed by atoms with Crippen LogP contribution in [0.15, 0.2) is 89.3 Å². The van der Waals surface area contributed by atoms with Gasteiger partial charge in [0.05, 0.1) is 7.11 Å². The third-order valence-electron chi connectivity index (χ3n) is 5.93. The van der Waals surface area contributed by atoms with E-state index in [9.17, 15) is 4.79 Å². The van der Waals surface area contributed by atoms with E-state index in [1.54, 1.807) is 19.2 Å². The van der Waals surface area contributed by atoms with Crippen LogP contribution < -0.4 is 19.7 Å². The maximum atomic E-state index is 12.9. The Morgan fingerprint density at radius 1 is 0.941 bits per heavy atom. The number of rotatable bonds is 8. The standard InChI is InChI=1S/C28H26N2O4/c1-32-25-12-6-7-13-26(25)33-19-22-14-15-27(34-22)28(31)29-23-10-4-2-9-21(23)18-30-17-16-20-8-3-5-11-24(20)30/h2-15H,16-19H2,1H3,(H,29,31). The van der Waals surface area contributed by atoms with Crippen molar-refractivity contribution in [3.05, 3.63) is 108 Å². The molecule has 2 heterocycles. The molecule has 0 radical (unpaired) electrons. The number of ether oxygens (including phenoxy) is 2. The van der Waals surface area contributed by atoms with Crippen LogP contribution in [0.1, 0.15) is 27.4 Å². The number of nitrogens with one attached hydrogen (secondary N) is 1. The van der Waals surface area contributed by atoms with Crippen molar-refractivity contribution in [2.24, 2.45) is 0 Å². The minimum absolute atomic E-state index is 0.193. The molecule has 1 aromatic heterocycles. The molecule has 0 saturated carbocycles. The fraction of sp³-hybridized carbons (Fsp3) is 0.179. The van der Waals surface area contributed by atoms with Crippen molar-refractivity contribution in [2.75, 3.05) is 23.9 Å². The van der Waals surface area contributed by atoms with Gasteiger partial charge < -0.3 is 24.1 Å². The van der Waals surface area contributed by atoms with Gasteiger partial charge in [0.15, 0.2) is 17.3 Å². The second kappa shape index (κ2) is 9.75. The summed E-state index contributed by atoms with van der Waals surface area (Å²) < 4.78 is 16.8. The minimum Gasteiger partial charge on any atom is -0.493 e. The molecule has 4 aromatic rings. The molecule has 0 aliphatic carbocycles. The SMILES string of the molecule is COc1ccccc1OCc1ccc(C(=O)Nc2ccccc2CN2CCc3ccccc32)o1. The monoisotopic (exact) mass is 454 g/mol. The van der Waals surface area contributed by atoms with Gasteiger partial charge in [0, 0.05) is 24.5 Å². The lowest BCUT2D eigenvalue weighted by Crippen LogP contribution is -2.21. The molecule has 0 saturated heterocycles. The molecule has 172 valence electrons. The summed E-state index contributed by atoms with van der Waals surface area (Å²) in [5.74, 6) is 1.75. The zero-order valence-corrected chi connectivity index (χ0v) is 19.0. The summed E-state index contributed by atoms with van der Waals surface area (Å²) in [5.41, 5.74) is 4.45. The zero-order valence-electron chi connectivity index (χ0n) is 19.0. The average Bonchev–Trinajstić information content (AvgIpc) is 3.52. The number of methoxy groups -OCH3 is 1. The predicted molar refractivity (Wildman–Crippen MR) is 132 cm³/mol. The number of hydrogen-bond donors (Lipinski definition) is 1. The van der Waals surface area contributed by atoms with Crippen molar-refractivity contribution in [1.82, 2.24) is 0 Å². The van der Waals surface area contributed by atoms with Crippen LogP contribution in [0.3, 0.4) is 0 Å². The topological polar surface area (TPSA) is 63.9 Å².